The molecule has 2 atom stereocenters. The lowest BCUT2D eigenvalue weighted by Gasteiger charge is -2.26. The van der Waals surface area contributed by atoms with E-state index >= 15 is 0 Å². The van der Waals surface area contributed by atoms with Crippen molar-refractivity contribution in [1.82, 2.24) is 5.32 Å². The fourth-order valence-electron chi connectivity index (χ4n) is 1.45. The molecule has 1 saturated carbocycles. The van der Waals surface area contributed by atoms with Gasteiger partial charge in [0.1, 0.15) is 0 Å². The summed E-state index contributed by atoms with van der Waals surface area (Å²) in [4.78, 5) is 0. The fraction of sp³-hybridized carbons (Fsp3) is 1.00. The molecule has 0 aromatic rings. The Morgan fingerprint density at radius 3 is 2.44 bits per heavy atom. The van der Waals surface area contributed by atoms with Crippen molar-refractivity contribution in [2.24, 2.45) is 0 Å². The van der Waals surface area contributed by atoms with Crippen LogP contribution >= 0.6 is 0 Å². The lowest BCUT2D eigenvalue weighted by Crippen LogP contribution is -2.39. The van der Waals surface area contributed by atoms with Crippen molar-refractivity contribution in [2.45, 2.75) is 37.8 Å². The van der Waals surface area contributed by atoms with Crippen molar-refractivity contribution in [2.75, 3.05) is 7.05 Å². The quantitative estimate of drug-likeness (QED) is 0.540. The SMILES string of the molecule is CN[C@@H]1CCCCC1O. The average Bonchev–Trinajstić information content (AvgIpc) is 1.89. The highest BCUT2D eigenvalue weighted by atomic mass is 16.3. The summed E-state index contributed by atoms with van der Waals surface area (Å²) in [7, 11) is 1.92. The molecule has 0 saturated heterocycles. The standard InChI is InChI=1S/C7H15NO/c1-8-6-4-2-3-5-7(6)9/h6-9H,2-5H2,1H3/t6-,7?/m1/s1. The Kier molecular flexibility index (Phi) is 2.49. The molecule has 1 unspecified atom stereocenters. The van der Waals surface area contributed by atoms with Gasteiger partial charge in [-0.15, -0.1) is 0 Å². The molecule has 0 heterocycles. The molecule has 0 amide bonds. The lowest BCUT2D eigenvalue weighted by atomic mass is 9.93. The summed E-state index contributed by atoms with van der Waals surface area (Å²) in [5, 5.41) is 12.4. The Labute approximate surface area is 56.3 Å². The van der Waals surface area contributed by atoms with Crippen LogP contribution in [0.3, 0.4) is 0 Å². The summed E-state index contributed by atoms with van der Waals surface area (Å²) >= 11 is 0. The molecule has 1 aliphatic rings. The molecule has 0 spiro atoms. The van der Waals surface area contributed by atoms with Crippen LogP contribution in [0.1, 0.15) is 25.7 Å². The number of rotatable bonds is 1. The van der Waals surface area contributed by atoms with Crippen molar-refractivity contribution in [3.8, 4) is 0 Å². The highest BCUT2D eigenvalue weighted by Crippen LogP contribution is 2.17. The van der Waals surface area contributed by atoms with Gasteiger partial charge in [0.2, 0.25) is 0 Å². The van der Waals surface area contributed by atoms with Crippen LogP contribution in [-0.2, 0) is 0 Å². The van der Waals surface area contributed by atoms with E-state index in [4.69, 9.17) is 0 Å². The molecular weight excluding hydrogens is 114 g/mol. The zero-order chi connectivity index (χ0) is 6.69. The van der Waals surface area contributed by atoms with Crippen molar-refractivity contribution < 1.29 is 5.11 Å². The molecule has 54 valence electrons. The first kappa shape index (κ1) is 7.03. The molecular formula is C7H15NO. The molecule has 1 fully saturated rings. The Morgan fingerprint density at radius 2 is 2.00 bits per heavy atom. The van der Waals surface area contributed by atoms with Gasteiger partial charge in [-0.3, -0.25) is 0 Å². The van der Waals surface area contributed by atoms with Gasteiger partial charge in [0, 0.05) is 6.04 Å². The van der Waals surface area contributed by atoms with E-state index in [2.05, 4.69) is 5.32 Å². The van der Waals surface area contributed by atoms with Crippen LogP contribution in [0, 0.1) is 0 Å². The minimum Gasteiger partial charge on any atom is -0.392 e. The average molecular weight is 129 g/mol. The van der Waals surface area contributed by atoms with E-state index in [1.165, 1.54) is 12.8 Å². The first-order chi connectivity index (χ1) is 4.34. The molecule has 2 nitrogen and oxygen atoms in total. The Balaban J connectivity index is 2.30. The maximum atomic E-state index is 9.31. The lowest BCUT2D eigenvalue weighted by molar-refractivity contribution is 0.0948. The fourth-order valence-corrected chi connectivity index (χ4v) is 1.45. The molecule has 2 N–H and O–H groups in total. The monoisotopic (exact) mass is 129 g/mol. The van der Waals surface area contributed by atoms with Gasteiger partial charge in [-0.2, -0.15) is 0 Å². The van der Waals surface area contributed by atoms with Crippen LogP contribution in [0.2, 0.25) is 0 Å². The predicted molar refractivity (Wildman–Crippen MR) is 37.3 cm³/mol. The van der Waals surface area contributed by atoms with Gasteiger partial charge in [-0.05, 0) is 19.9 Å². The zero-order valence-corrected chi connectivity index (χ0v) is 5.93. The van der Waals surface area contributed by atoms with Gasteiger partial charge in [-0.1, -0.05) is 12.8 Å². The van der Waals surface area contributed by atoms with Crippen LogP contribution in [0.4, 0.5) is 0 Å². The van der Waals surface area contributed by atoms with Gasteiger partial charge in [0.05, 0.1) is 6.10 Å². The van der Waals surface area contributed by atoms with E-state index in [0.29, 0.717) is 6.04 Å². The van der Waals surface area contributed by atoms with E-state index in [9.17, 15) is 5.11 Å². The van der Waals surface area contributed by atoms with Gasteiger partial charge in [0.15, 0.2) is 0 Å². The summed E-state index contributed by atoms with van der Waals surface area (Å²) in [6.45, 7) is 0. The van der Waals surface area contributed by atoms with Crippen molar-refractivity contribution in [3.63, 3.8) is 0 Å². The normalized spacial score (nSPS) is 36.7. The summed E-state index contributed by atoms with van der Waals surface area (Å²) in [6.07, 6.45) is 4.48. The molecule has 9 heavy (non-hydrogen) atoms. The third-order valence-corrected chi connectivity index (χ3v) is 2.10. The van der Waals surface area contributed by atoms with Crippen molar-refractivity contribution in [3.05, 3.63) is 0 Å². The molecule has 0 aromatic carbocycles. The molecule has 0 aromatic heterocycles. The molecule has 0 radical (unpaired) electrons. The minimum absolute atomic E-state index is 0.0938. The Morgan fingerprint density at radius 1 is 1.33 bits per heavy atom. The second kappa shape index (κ2) is 3.18. The summed E-state index contributed by atoms with van der Waals surface area (Å²) in [5.41, 5.74) is 0. The number of aliphatic hydroxyl groups excluding tert-OH is 1. The van der Waals surface area contributed by atoms with Crippen LogP contribution in [0.5, 0.6) is 0 Å². The Bertz CT molecular complexity index is 85.0. The van der Waals surface area contributed by atoms with Gasteiger partial charge >= 0.3 is 0 Å². The number of likely N-dealkylation sites (N-methyl/N-ethyl adjacent to an activating group) is 1. The highest BCUT2D eigenvalue weighted by Gasteiger charge is 2.20. The number of hydrogen-bond acceptors (Lipinski definition) is 2. The third kappa shape index (κ3) is 1.66. The van der Waals surface area contributed by atoms with Crippen molar-refractivity contribution in [1.29, 1.82) is 0 Å². The molecule has 0 bridgehead atoms. The molecule has 0 aliphatic heterocycles. The van der Waals surface area contributed by atoms with Gasteiger partial charge in [-0.25, -0.2) is 0 Å². The number of nitrogens with one attached hydrogen (secondary N) is 1. The number of aliphatic hydroxyl groups is 1. The number of hydrogen-bond donors (Lipinski definition) is 2. The third-order valence-electron chi connectivity index (χ3n) is 2.10. The van der Waals surface area contributed by atoms with Crippen molar-refractivity contribution >= 4 is 0 Å². The van der Waals surface area contributed by atoms with E-state index in [1.807, 2.05) is 7.05 Å². The smallest absolute Gasteiger partial charge is 0.0693 e. The second-order valence-electron chi connectivity index (χ2n) is 2.75. The highest BCUT2D eigenvalue weighted by molar-refractivity contribution is 4.78. The topological polar surface area (TPSA) is 32.3 Å². The second-order valence-corrected chi connectivity index (χ2v) is 2.75. The van der Waals surface area contributed by atoms with E-state index in [1.54, 1.807) is 0 Å². The van der Waals surface area contributed by atoms with Crippen LogP contribution in [-0.4, -0.2) is 24.3 Å². The van der Waals surface area contributed by atoms with E-state index in [0.717, 1.165) is 12.8 Å². The Hall–Kier alpha value is -0.0800. The summed E-state index contributed by atoms with van der Waals surface area (Å²) in [5.74, 6) is 0. The van der Waals surface area contributed by atoms with Gasteiger partial charge in [0.25, 0.3) is 0 Å². The first-order valence-electron chi connectivity index (χ1n) is 3.70. The molecule has 1 rings (SSSR count). The zero-order valence-electron chi connectivity index (χ0n) is 5.93. The minimum atomic E-state index is -0.0938. The van der Waals surface area contributed by atoms with Crippen LogP contribution in [0.25, 0.3) is 0 Å². The maximum absolute atomic E-state index is 9.31. The molecule has 1 aliphatic carbocycles. The molecule has 2 heteroatoms. The first-order valence-corrected chi connectivity index (χ1v) is 3.70. The summed E-state index contributed by atoms with van der Waals surface area (Å²) in [6, 6.07) is 0.360. The van der Waals surface area contributed by atoms with Crippen LogP contribution in [0.15, 0.2) is 0 Å². The predicted octanol–water partition coefficient (Wildman–Crippen LogP) is 0.509. The largest absolute Gasteiger partial charge is 0.392 e. The summed E-state index contributed by atoms with van der Waals surface area (Å²) < 4.78 is 0. The van der Waals surface area contributed by atoms with E-state index in [-0.39, 0.29) is 6.10 Å². The van der Waals surface area contributed by atoms with Crippen LogP contribution < -0.4 is 5.32 Å². The van der Waals surface area contributed by atoms with Gasteiger partial charge < -0.3 is 10.4 Å². The maximum Gasteiger partial charge on any atom is 0.0693 e. The van der Waals surface area contributed by atoms with E-state index < -0.39 is 0 Å².